The molecular formula is C36H40F4IN5O5SSi. The van der Waals surface area contributed by atoms with Gasteiger partial charge < -0.3 is 19.5 Å². The van der Waals surface area contributed by atoms with Crippen molar-refractivity contribution in [3.05, 3.63) is 87.4 Å². The van der Waals surface area contributed by atoms with E-state index in [0.717, 1.165) is 18.2 Å². The number of sulfonamides is 1. The standard InChI is InChI=1S/C36H40F4IN5O5SSi/c1-45(52(47,48)26-12-9-11-25(17-26)49-2)30-13-8-7-10-23(30)21-42-35-33-31(46(44-34(33)41)22-51-14-15-53(4,5)6)19-29(43-35)27-18-28(37)32(50-3)16-24(27)20-36(38,39)40/h7-13,16-19H,14-15,20-22H2,1-6H3,(H,42,43). The molecular weight excluding hydrogens is 845 g/mol. The van der Waals surface area contributed by atoms with Crippen LogP contribution in [0.25, 0.3) is 22.2 Å². The van der Waals surface area contributed by atoms with Crippen LogP contribution in [0.5, 0.6) is 11.5 Å². The summed E-state index contributed by atoms with van der Waals surface area (Å²) >= 11 is 2.05. The van der Waals surface area contributed by atoms with E-state index in [-0.39, 0.29) is 46.6 Å². The first kappa shape index (κ1) is 40.2. The summed E-state index contributed by atoms with van der Waals surface area (Å²) in [5, 5.41) is 8.50. The normalized spacial score (nSPS) is 12.3. The van der Waals surface area contributed by atoms with Gasteiger partial charge in [0.05, 0.1) is 47.8 Å². The molecule has 0 unspecified atom stereocenters. The number of pyridine rings is 1. The second kappa shape index (κ2) is 16.2. The molecule has 1 N–H and O–H groups in total. The number of fused-ring (bicyclic) bond motifs is 1. The van der Waals surface area contributed by atoms with Gasteiger partial charge in [-0.3, -0.25) is 4.31 Å². The monoisotopic (exact) mass is 885 g/mol. The van der Waals surface area contributed by atoms with Gasteiger partial charge in [0, 0.05) is 39.9 Å². The Bertz CT molecular complexity index is 2210. The zero-order chi connectivity index (χ0) is 38.7. The quantitative estimate of drug-likeness (QED) is 0.0482. The minimum Gasteiger partial charge on any atom is -0.497 e. The number of ether oxygens (including phenoxy) is 3. The molecule has 0 radical (unpaired) electrons. The number of hydrogen-bond donors (Lipinski definition) is 1. The van der Waals surface area contributed by atoms with Crippen molar-refractivity contribution in [3.8, 4) is 22.8 Å². The average molecular weight is 886 g/mol. The lowest BCUT2D eigenvalue weighted by Crippen LogP contribution is -2.27. The van der Waals surface area contributed by atoms with Crippen molar-refractivity contribution in [2.75, 3.05) is 37.5 Å². The molecule has 10 nitrogen and oxygen atoms in total. The van der Waals surface area contributed by atoms with Crippen LogP contribution in [0.2, 0.25) is 25.7 Å². The lowest BCUT2D eigenvalue weighted by molar-refractivity contribution is -0.127. The third-order valence-electron chi connectivity index (χ3n) is 8.42. The molecule has 0 aliphatic heterocycles. The van der Waals surface area contributed by atoms with Gasteiger partial charge in [-0.15, -0.1) is 0 Å². The number of rotatable bonds is 15. The van der Waals surface area contributed by atoms with Crippen LogP contribution in [0.3, 0.4) is 0 Å². The van der Waals surface area contributed by atoms with Crippen molar-refractivity contribution < 1.29 is 40.2 Å². The summed E-state index contributed by atoms with van der Waals surface area (Å²) in [6.45, 7) is 7.31. The molecule has 0 spiro atoms. The van der Waals surface area contributed by atoms with Crippen molar-refractivity contribution in [3.63, 3.8) is 0 Å². The van der Waals surface area contributed by atoms with Crippen LogP contribution in [0.1, 0.15) is 11.1 Å². The average Bonchev–Trinajstić information content (AvgIpc) is 3.43. The Morgan fingerprint density at radius 1 is 0.981 bits per heavy atom. The molecule has 2 aromatic heterocycles. The van der Waals surface area contributed by atoms with E-state index in [1.807, 2.05) is 0 Å². The molecule has 5 rings (SSSR count). The van der Waals surface area contributed by atoms with Gasteiger partial charge in [0.2, 0.25) is 0 Å². The maximum Gasteiger partial charge on any atom is 0.393 e. The molecule has 17 heteroatoms. The molecule has 0 fully saturated rings. The molecule has 53 heavy (non-hydrogen) atoms. The first-order valence-corrected chi connectivity index (χ1v) is 22.7. The summed E-state index contributed by atoms with van der Waals surface area (Å²) in [4.78, 5) is 4.78. The molecule has 2 heterocycles. The molecule has 0 aliphatic rings. The summed E-state index contributed by atoms with van der Waals surface area (Å²) < 4.78 is 104. The Hall–Kier alpha value is -3.94. The van der Waals surface area contributed by atoms with Crippen LogP contribution < -0.4 is 19.1 Å². The fourth-order valence-electron chi connectivity index (χ4n) is 5.59. The Morgan fingerprint density at radius 3 is 2.40 bits per heavy atom. The Morgan fingerprint density at radius 2 is 1.72 bits per heavy atom. The molecule has 0 bridgehead atoms. The van der Waals surface area contributed by atoms with Gasteiger partial charge in [-0.25, -0.2) is 22.5 Å². The largest absolute Gasteiger partial charge is 0.497 e. The Labute approximate surface area is 320 Å². The summed E-state index contributed by atoms with van der Waals surface area (Å²) in [5.41, 5.74) is 1.21. The van der Waals surface area contributed by atoms with Gasteiger partial charge in [0.15, 0.2) is 11.6 Å². The second-order valence-corrected chi connectivity index (χ2v) is 22.1. The number of nitrogens with one attached hydrogen (secondary N) is 1. The third-order valence-corrected chi connectivity index (χ3v) is 12.6. The number of hydrogen-bond acceptors (Lipinski definition) is 8. The number of methoxy groups -OCH3 is 2. The number of alkyl halides is 3. The number of aromatic nitrogens is 3. The highest BCUT2D eigenvalue weighted by molar-refractivity contribution is 14.1. The summed E-state index contributed by atoms with van der Waals surface area (Å²) in [7, 11) is -1.34. The van der Waals surface area contributed by atoms with Crippen LogP contribution >= 0.6 is 22.6 Å². The third kappa shape index (κ3) is 9.60. The van der Waals surface area contributed by atoms with Gasteiger partial charge in [-0.2, -0.15) is 18.3 Å². The number of benzene rings is 3. The van der Waals surface area contributed by atoms with E-state index >= 15 is 4.39 Å². The molecule has 0 atom stereocenters. The van der Waals surface area contributed by atoms with Crippen molar-refractivity contribution in [2.45, 2.75) is 56.5 Å². The minimum absolute atomic E-state index is 0.0357. The smallest absolute Gasteiger partial charge is 0.393 e. The maximum absolute atomic E-state index is 15.2. The summed E-state index contributed by atoms with van der Waals surface area (Å²) in [5.74, 6) is -0.544. The Kier molecular flexibility index (Phi) is 12.3. The SMILES string of the molecule is COc1cccc(S(=O)(=O)N(C)c2ccccc2CNc2nc(-c3cc(F)c(OC)cc3CC(F)(F)F)cc3c2c(I)nn3COCC[Si](C)(C)C)c1. The minimum atomic E-state index is -4.61. The molecule has 5 aromatic rings. The van der Waals surface area contributed by atoms with Crippen molar-refractivity contribution >= 4 is 63.1 Å². The number of anilines is 2. The van der Waals surface area contributed by atoms with E-state index in [0.29, 0.717) is 38.2 Å². The van der Waals surface area contributed by atoms with Gasteiger partial charge in [-0.05, 0) is 76.2 Å². The molecule has 0 amide bonds. The predicted octanol–water partition coefficient (Wildman–Crippen LogP) is 8.71. The Balaban J connectivity index is 1.59. The van der Waals surface area contributed by atoms with Gasteiger partial charge in [-0.1, -0.05) is 43.9 Å². The number of halogens is 5. The van der Waals surface area contributed by atoms with Crippen LogP contribution in [0, 0.1) is 9.52 Å². The van der Waals surface area contributed by atoms with Crippen molar-refractivity contribution in [1.29, 1.82) is 0 Å². The predicted molar refractivity (Wildman–Crippen MR) is 208 cm³/mol. The summed E-state index contributed by atoms with van der Waals surface area (Å²) in [6, 6.07) is 17.5. The zero-order valence-corrected chi connectivity index (χ0v) is 34.0. The van der Waals surface area contributed by atoms with Gasteiger partial charge in [0.1, 0.15) is 22.0 Å². The highest BCUT2D eigenvalue weighted by atomic mass is 127. The number of nitrogens with zero attached hydrogens (tertiary/aromatic N) is 4. The van der Waals surface area contributed by atoms with Gasteiger partial charge in [0.25, 0.3) is 10.0 Å². The van der Waals surface area contributed by atoms with Crippen LogP contribution in [-0.4, -0.2) is 65.3 Å². The van der Waals surface area contributed by atoms with Crippen LogP contribution in [0.15, 0.2) is 71.6 Å². The summed E-state index contributed by atoms with van der Waals surface area (Å²) in [6.07, 6.45) is -5.95. The van der Waals surface area contributed by atoms with E-state index < -0.39 is 36.5 Å². The second-order valence-electron chi connectivity index (χ2n) is 13.5. The molecule has 0 saturated carbocycles. The van der Waals surface area contributed by atoms with Gasteiger partial charge >= 0.3 is 6.18 Å². The van der Waals surface area contributed by atoms with E-state index in [1.54, 1.807) is 47.1 Å². The maximum atomic E-state index is 15.2. The van der Waals surface area contributed by atoms with Crippen molar-refractivity contribution in [2.24, 2.45) is 0 Å². The molecule has 284 valence electrons. The lowest BCUT2D eigenvalue weighted by atomic mass is 9.99. The molecule has 0 aliphatic carbocycles. The molecule has 3 aromatic carbocycles. The highest BCUT2D eigenvalue weighted by Gasteiger charge is 2.31. The highest BCUT2D eigenvalue weighted by Crippen LogP contribution is 2.38. The lowest BCUT2D eigenvalue weighted by Gasteiger charge is -2.23. The first-order valence-electron chi connectivity index (χ1n) is 16.4. The topological polar surface area (TPSA) is 108 Å². The van der Waals surface area contributed by atoms with E-state index in [2.05, 4.69) is 52.6 Å². The number of para-hydroxylation sites is 1. The van der Waals surface area contributed by atoms with E-state index in [1.165, 1.54) is 37.7 Å². The van der Waals surface area contributed by atoms with Crippen molar-refractivity contribution in [1.82, 2.24) is 14.8 Å². The first-order chi connectivity index (χ1) is 24.9. The van der Waals surface area contributed by atoms with Crippen LogP contribution in [-0.2, 0) is 34.5 Å². The van der Waals surface area contributed by atoms with Crippen LogP contribution in [0.4, 0.5) is 29.1 Å². The fourth-order valence-corrected chi connectivity index (χ4v) is 8.41. The fraction of sp³-hybridized carbons (Fsp3) is 0.333. The zero-order valence-electron chi connectivity index (χ0n) is 30.0. The van der Waals surface area contributed by atoms with E-state index in [9.17, 15) is 21.6 Å². The molecule has 0 saturated heterocycles. The van der Waals surface area contributed by atoms with E-state index in [4.69, 9.17) is 19.2 Å².